The second-order valence-electron chi connectivity index (χ2n) is 7.44. The normalized spacial score (nSPS) is 11.8. The van der Waals surface area contributed by atoms with Crippen molar-refractivity contribution < 1.29 is 9.90 Å². The largest absolute Gasteiger partial charge is 0.372 e. The average Bonchev–Trinajstić information content (AvgIpc) is 3.16. The molecule has 0 atom stereocenters. The zero-order valence-electron chi connectivity index (χ0n) is 16.9. The molecule has 0 bridgehead atoms. The van der Waals surface area contributed by atoms with Crippen LogP contribution < -0.4 is 5.43 Å². The number of hydrazone groups is 1. The molecule has 3 N–H and O–H groups in total. The van der Waals surface area contributed by atoms with Crippen LogP contribution >= 0.6 is 0 Å². The van der Waals surface area contributed by atoms with Crippen molar-refractivity contribution in [1.29, 1.82) is 0 Å². The van der Waals surface area contributed by atoms with Gasteiger partial charge in [0.05, 0.1) is 6.21 Å². The van der Waals surface area contributed by atoms with Gasteiger partial charge in [0, 0.05) is 22.7 Å². The highest BCUT2D eigenvalue weighted by atomic mass is 16.3. The monoisotopic (exact) mass is 397 g/mol. The molecule has 0 aliphatic carbocycles. The molecule has 0 spiro atoms. The van der Waals surface area contributed by atoms with Crippen LogP contribution in [0.4, 0.5) is 0 Å². The predicted molar refractivity (Wildman–Crippen MR) is 119 cm³/mol. The molecular formula is C25H23N3O2. The molecule has 0 radical (unpaired) electrons. The summed E-state index contributed by atoms with van der Waals surface area (Å²) in [7, 11) is 0. The zero-order valence-corrected chi connectivity index (χ0v) is 16.9. The van der Waals surface area contributed by atoms with Gasteiger partial charge in [-0.1, -0.05) is 77.9 Å². The van der Waals surface area contributed by atoms with Gasteiger partial charge in [0.25, 0.3) is 5.91 Å². The molecule has 1 heterocycles. The highest BCUT2D eigenvalue weighted by molar-refractivity contribution is 5.99. The number of nitrogens with one attached hydrogen (secondary N) is 2. The Hall–Kier alpha value is -3.70. The number of hydrogen-bond acceptors (Lipinski definition) is 3. The van der Waals surface area contributed by atoms with E-state index in [9.17, 15) is 9.90 Å². The summed E-state index contributed by atoms with van der Waals surface area (Å²) in [5.41, 5.74) is 5.39. The van der Waals surface area contributed by atoms with E-state index in [1.807, 2.05) is 80.7 Å². The van der Waals surface area contributed by atoms with Crippen LogP contribution in [0.25, 0.3) is 10.9 Å². The lowest BCUT2D eigenvalue weighted by atomic mass is 9.84. The second-order valence-corrected chi connectivity index (χ2v) is 7.44. The molecule has 5 heteroatoms. The first-order valence-corrected chi connectivity index (χ1v) is 9.75. The summed E-state index contributed by atoms with van der Waals surface area (Å²) in [4.78, 5) is 16.4. The average molecular weight is 397 g/mol. The first-order chi connectivity index (χ1) is 14.5. The van der Waals surface area contributed by atoms with Crippen molar-refractivity contribution in [3.05, 3.63) is 107 Å². The molecule has 1 amide bonds. The van der Waals surface area contributed by atoms with Crippen LogP contribution in [0.1, 0.15) is 27.8 Å². The fourth-order valence-corrected chi connectivity index (χ4v) is 3.61. The Morgan fingerprint density at radius 1 is 0.967 bits per heavy atom. The summed E-state index contributed by atoms with van der Waals surface area (Å²) < 4.78 is 0. The Kier molecular flexibility index (Phi) is 5.21. The minimum Gasteiger partial charge on any atom is -0.372 e. The summed E-state index contributed by atoms with van der Waals surface area (Å²) >= 11 is 0. The van der Waals surface area contributed by atoms with Crippen molar-refractivity contribution in [2.75, 3.05) is 0 Å². The smallest absolute Gasteiger partial charge is 0.281 e. The van der Waals surface area contributed by atoms with Crippen molar-refractivity contribution in [1.82, 2.24) is 10.4 Å². The standard InChI is InChI=1S/C25H23N3O2/c1-17-7-5-9-20(13-17)25(30,21-10-6-8-18(2)14-21)24(29)28-27-16-19-15-26-23-12-4-3-11-22(19)23/h3-16,26,30H,1-2H3,(H,28,29)/b27-16-. The van der Waals surface area contributed by atoms with E-state index in [1.54, 1.807) is 18.3 Å². The molecule has 0 aliphatic rings. The molecule has 4 aromatic rings. The maximum absolute atomic E-state index is 13.2. The molecule has 3 aromatic carbocycles. The number of amides is 1. The maximum atomic E-state index is 13.2. The summed E-state index contributed by atoms with van der Waals surface area (Å²) in [5.74, 6) is -0.616. The number of rotatable bonds is 5. The fourth-order valence-electron chi connectivity index (χ4n) is 3.61. The van der Waals surface area contributed by atoms with Gasteiger partial charge in [0.15, 0.2) is 5.60 Å². The quantitative estimate of drug-likeness (QED) is 0.349. The number of nitrogens with zero attached hydrogens (tertiary/aromatic N) is 1. The topological polar surface area (TPSA) is 77.5 Å². The molecule has 0 saturated heterocycles. The number of hydrogen-bond donors (Lipinski definition) is 3. The zero-order chi connectivity index (χ0) is 21.1. The van der Waals surface area contributed by atoms with E-state index < -0.39 is 11.5 Å². The molecule has 30 heavy (non-hydrogen) atoms. The number of carbonyl (C=O) groups is 1. The van der Waals surface area contributed by atoms with Crippen LogP contribution in [0.2, 0.25) is 0 Å². The summed E-state index contributed by atoms with van der Waals surface area (Å²) in [6, 6.07) is 22.5. The van der Waals surface area contributed by atoms with Crippen LogP contribution in [0.15, 0.2) is 84.1 Å². The van der Waals surface area contributed by atoms with Crippen molar-refractivity contribution in [2.45, 2.75) is 19.4 Å². The Morgan fingerprint density at radius 2 is 1.60 bits per heavy atom. The van der Waals surface area contributed by atoms with Crippen LogP contribution in [0.3, 0.4) is 0 Å². The summed E-state index contributed by atoms with van der Waals surface area (Å²) in [5, 5.41) is 16.7. The van der Waals surface area contributed by atoms with Crippen molar-refractivity contribution >= 4 is 23.0 Å². The molecule has 0 unspecified atom stereocenters. The minimum atomic E-state index is -1.87. The Bertz CT molecular complexity index is 1190. The van der Waals surface area contributed by atoms with Gasteiger partial charge in [-0.3, -0.25) is 4.79 Å². The molecule has 5 nitrogen and oxygen atoms in total. The SMILES string of the molecule is Cc1cccc(C(O)(C(=O)N/N=C\c2c[nH]c3ccccc23)c2cccc(C)c2)c1. The third-order valence-electron chi connectivity index (χ3n) is 5.19. The number of para-hydroxylation sites is 1. The van der Waals surface area contributed by atoms with Gasteiger partial charge in [-0.2, -0.15) is 5.10 Å². The molecule has 0 aliphatic heterocycles. The van der Waals surface area contributed by atoms with Gasteiger partial charge in [0.1, 0.15) is 0 Å². The van der Waals surface area contributed by atoms with Gasteiger partial charge < -0.3 is 10.1 Å². The van der Waals surface area contributed by atoms with Crippen LogP contribution in [-0.2, 0) is 10.4 Å². The van der Waals surface area contributed by atoms with E-state index in [0.717, 1.165) is 27.6 Å². The van der Waals surface area contributed by atoms with E-state index in [-0.39, 0.29) is 0 Å². The second kappa shape index (κ2) is 7.97. The minimum absolute atomic E-state index is 0.493. The molecular weight excluding hydrogens is 374 g/mol. The van der Waals surface area contributed by atoms with E-state index in [1.165, 1.54) is 0 Å². The number of aromatic amines is 1. The Labute approximate surface area is 175 Å². The number of aliphatic hydroxyl groups is 1. The fraction of sp³-hybridized carbons (Fsp3) is 0.120. The van der Waals surface area contributed by atoms with Crippen LogP contribution in [-0.4, -0.2) is 22.2 Å². The maximum Gasteiger partial charge on any atom is 0.281 e. The first kappa shape index (κ1) is 19.6. The third kappa shape index (κ3) is 3.63. The number of carbonyl (C=O) groups excluding carboxylic acids is 1. The van der Waals surface area contributed by atoms with Gasteiger partial charge in [-0.05, 0) is 31.0 Å². The number of H-pyrrole nitrogens is 1. The van der Waals surface area contributed by atoms with Crippen LogP contribution in [0, 0.1) is 13.8 Å². The van der Waals surface area contributed by atoms with Crippen molar-refractivity contribution in [3.63, 3.8) is 0 Å². The van der Waals surface area contributed by atoms with Gasteiger partial charge in [-0.15, -0.1) is 0 Å². The molecule has 1 aromatic heterocycles. The predicted octanol–water partition coefficient (Wildman–Crippen LogP) is 4.17. The lowest BCUT2D eigenvalue weighted by Crippen LogP contribution is -2.43. The first-order valence-electron chi connectivity index (χ1n) is 9.75. The Morgan fingerprint density at radius 3 is 2.23 bits per heavy atom. The number of aryl methyl sites for hydroxylation is 2. The van der Waals surface area contributed by atoms with E-state index in [2.05, 4.69) is 15.5 Å². The van der Waals surface area contributed by atoms with Gasteiger partial charge in [0.2, 0.25) is 0 Å². The van der Waals surface area contributed by atoms with Crippen LogP contribution in [0.5, 0.6) is 0 Å². The van der Waals surface area contributed by atoms with Gasteiger partial charge >= 0.3 is 0 Å². The number of benzene rings is 3. The molecule has 0 saturated carbocycles. The molecule has 4 rings (SSSR count). The van der Waals surface area contributed by atoms with Gasteiger partial charge in [-0.25, -0.2) is 5.43 Å². The lowest BCUT2D eigenvalue weighted by Gasteiger charge is -2.27. The van der Waals surface area contributed by atoms with Crippen molar-refractivity contribution in [3.8, 4) is 0 Å². The molecule has 0 fully saturated rings. The van der Waals surface area contributed by atoms with E-state index in [4.69, 9.17) is 0 Å². The highest BCUT2D eigenvalue weighted by Gasteiger charge is 2.40. The Balaban J connectivity index is 1.67. The third-order valence-corrected chi connectivity index (χ3v) is 5.19. The lowest BCUT2D eigenvalue weighted by molar-refractivity contribution is -0.136. The van der Waals surface area contributed by atoms with Crippen molar-refractivity contribution in [2.24, 2.45) is 5.10 Å². The highest BCUT2D eigenvalue weighted by Crippen LogP contribution is 2.31. The van der Waals surface area contributed by atoms with E-state index >= 15 is 0 Å². The summed E-state index contributed by atoms with van der Waals surface area (Å²) in [6.07, 6.45) is 3.40. The van der Waals surface area contributed by atoms with E-state index in [0.29, 0.717) is 11.1 Å². The molecule has 150 valence electrons. The number of fused-ring (bicyclic) bond motifs is 1. The summed E-state index contributed by atoms with van der Waals surface area (Å²) in [6.45, 7) is 3.85. The number of aromatic nitrogens is 1.